The van der Waals surface area contributed by atoms with E-state index in [0.717, 1.165) is 11.2 Å². The zero-order chi connectivity index (χ0) is 14.3. The first kappa shape index (κ1) is 16.7. The molecule has 0 rings (SSSR count). The Morgan fingerprint density at radius 2 is 1.94 bits per heavy atom. The molecule has 0 aromatic carbocycles. The molecule has 1 unspecified atom stereocenters. The summed E-state index contributed by atoms with van der Waals surface area (Å²) < 4.78 is 22.1. The lowest BCUT2D eigenvalue weighted by atomic mass is 10.4. The summed E-state index contributed by atoms with van der Waals surface area (Å²) in [6.07, 6.45) is 1.71. The SMILES string of the molecule is CCCN(CC(=O)O)C(=O)NC(C)CS(C)(=O)=O. The zero-order valence-electron chi connectivity index (χ0n) is 10.8. The van der Waals surface area contributed by atoms with Crippen LogP contribution in [0.25, 0.3) is 0 Å². The Morgan fingerprint density at radius 1 is 1.39 bits per heavy atom. The number of carboxylic acid groups (broad SMARTS) is 1. The molecule has 0 saturated heterocycles. The second-order valence-electron chi connectivity index (χ2n) is 4.26. The van der Waals surface area contributed by atoms with Crippen molar-refractivity contribution in [2.45, 2.75) is 26.3 Å². The van der Waals surface area contributed by atoms with E-state index in [2.05, 4.69) is 5.32 Å². The topological polar surface area (TPSA) is 104 Å². The van der Waals surface area contributed by atoms with Crippen molar-refractivity contribution in [2.75, 3.05) is 25.1 Å². The number of nitrogens with zero attached hydrogens (tertiary/aromatic N) is 1. The molecule has 106 valence electrons. The molecule has 0 saturated carbocycles. The van der Waals surface area contributed by atoms with E-state index in [1.54, 1.807) is 6.92 Å². The number of sulfone groups is 1. The van der Waals surface area contributed by atoms with Gasteiger partial charge in [-0.2, -0.15) is 0 Å². The lowest BCUT2D eigenvalue weighted by Crippen LogP contribution is -2.47. The average Bonchev–Trinajstić information content (AvgIpc) is 2.12. The number of carboxylic acids is 1. The minimum atomic E-state index is -3.18. The van der Waals surface area contributed by atoms with Crippen LogP contribution < -0.4 is 5.32 Å². The average molecular weight is 280 g/mol. The van der Waals surface area contributed by atoms with Crippen LogP contribution in [-0.4, -0.2) is 61.6 Å². The molecule has 0 aliphatic rings. The molecule has 0 aromatic heterocycles. The van der Waals surface area contributed by atoms with Crippen LogP contribution in [-0.2, 0) is 14.6 Å². The van der Waals surface area contributed by atoms with E-state index in [-0.39, 0.29) is 5.75 Å². The quantitative estimate of drug-likeness (QED) is 0.679. The molecule has 0 heterocycles. The van der Waals surface area contributed by atoms with Gasteiger partial charge >= 0.3 is 12.0 Å². The van der Waals surface area contributed by atoms with E-state index in [4.69, 9.17) is 5.11 Å². The third-order valence-electron chi connectivity index (χ3n) is 2.03. The molecule has 2 N–H and O–H groups in total. The molecule has 0 bridgehead atoms. The van der Waals surface area contributed by atoms with Crippen molar-refractivity contribution >= 4 is 21.8 Å². The maximum atomic E-state index is 11.7. The Kier molecular flexibility index (Phi) is 6.67. The van der Waals surface area contributed by atoms with Crippen LogP contribution in [0.1, 0.15) is 20.3 Å². The molecule has 2 amide bonds. The number of carbonyl (C=O) groups excluding carboxylic acids is 1. The number of carbonyl (C=O) groups is 2. The molecule has 7 nitrogen and oxygen atoms in total. The summed E-state index contributed by atoms with van der Waals surface area (Å²) in [6, 6.07) is -1.11. The van der Waals surface area contributed by atoms with E-state index < -0.39 is 34.4 Å². The number of nitrogens with one attached hydrogen (secondary N) is 1. The van der Waals surface area contributed by atoms with Crippen LogP contribution in [0.4, 0.5) is 4.79 Å². The molecule has 0 aromatic rings. The van der Waals surface area contributed by atoms with E-state index in [1.165, 1.54) is 0 Å². The summed E-state index contributed by atoms with van der Waals surface area (Å²) in [5.74, 6) is -1.28. The summed E-state index contributed by atoms with van der Waals surface area (Å²) in [7, 11) is -3.18. The Hall–Kier alpha value is -1.31. The van der Waals surface area contributed by atoms with Crippen LogP contribution in [0.5, 0.6) is 0 Å². The Bertz CT molecular complexity index is 393. The van der Waals surface area contributed by atoms with E-state index >= 15 is 0 Å². The van der Waals surface area contributed by atoms with Crippen LogP contribution >= 0.6 is 0 Å². The normalized spacial score (nSPS) is 12.8. The van der Waals surface area contributed by atoms with Gasteiger partial charge in [0, 0.05) is 18.8 Å². The Morgan fingerprint density at radius 3 is 2.33 bits per heavy atom. The fourth-order valence-electron chi connectivity index (χ4n) is 1.48. The fourth-order valence-corrected chi connectivity index (χ4v) is 2.48. The van der Waals surface area contributed by atoms with Gasteiger partial charge in [-0.25, -0.2) is 13.2 Å². The zero-order valence-corrected chi connectivity index (χ0v) is 11.7. The van der Waals surface area contributed by atoms with Gasteiger partial charge < -0.3 is 15.3 Å². The highest BCUT2D eigenvalue weighted by Crippen LogP contribution is 1.96. The van der Waals surface area contributed by atoms with Crippen molar-refractivity contribution < 1.29 is 23.1 Å². The molecule has 0 radical (unpaired) electrons. The summed E-state index contributed by atoms with van der Waals surface area (Å²) in [4.78, 5) is 23.4. The number of aliphatic carboxylic acids is 1. The smallest absolute Gasteiger partial charge is 0.323 e. The predicted octanol–water partition coefficient (Wildman–Crippen LogP) is -0.0743. The van der Waals surface area contributed by atoms with Gasteiger partial charge in [-0.3, -0.25) is 4.79 Å². The molecule has 0 spiro atoms. The number of hydrogen-bond donors (Lipinski definition) is 2. The minimum Gasteiger partial charge on any atom is -0.480 e. The summed E-state index contributed by atoms with van der Waals surface area (Å²) in [5, 5.41) is 11.1. The standard InChI is InChI=1S/C10H20N2O5S/c1-4-5-12(6-9(13)14)10(15)11-8(2)7-18(3,16)17/h8H,4-7H2,1-3H3,(H,11,15)(H,13,14). The highest BCUT2D eigenvalue weighted by Gasteiger charge is 2.19. The van der Waals surface area contributed by atoms with Crippen molar-refractivity contribution in [3.63, 3.8) is 0 Å². The molecule has 8 heteroatoms. The third-order valence-corrected chi connectivity index (χ3v) is 3.13. The molecule has 0 aliphatic carbocycles. The van der Waals surface area contributed by atoms with Crippen molar-refractivity contribution in [3.8, 4) is 0 Å². The second-order valence-corrected chi connectivity index (χ2v) is 6.44. The van der Waals surface area contributed by atoms with E-state index in [1.807, 2.05) is 6.92 Å². The fraction of sp³-hybridized carbons (Fsp3) is 0.800. The van der Waals surface area contributed by atoms with Crippen molar-refractivity contribution in [2.24, 2.45) is 0 Å². The highest BCUT2D eigenvalue weighted by atomic mass is 32.2. The molecule has 0 fully saturated rings. The largest absolute Gasteiger partial charge is 0.480 e. The first-order chi connectivity index (χ1) is 8.15. The van der Waals surface area contributed by atoms with Gasteiger partial charge in [-0.1, -0.05) is 6.92 Å². The Labute approximate surface area is 107 Å². The summed E-state index contributed by atoms with van der Waals surface area (Å²) >= 11 is 0. The van der Waals surface area contributed by atoms with Crippen LogP contribution in [0.2, 0.25) is 0 Å². The minimum absolute atomic E-state index is 0.175. The maximum absolute atomic E-state index is 11.7. The third kappa shape index (κ3) is 7.88. The van der Waals surface area contributed by atoms with Crippen molar-refractivity contribution in [3.05, 3.63) is 0 Å². The number of amides is 2. The van der Waals surface area contributed by atoms with Gasteiger partial charge in [0.1, 0.15) is 16.4 Å². The predicted molar refractivity (Wildman–Crippen MR) is 67.2 cm³/mol. The summed E-state index contributed by atoms with van der Waals surface area (Å²) in [5.41, 5.74) is 0. The molecular formula is C10H20N2O5S. The summed E-state index contributed by atoms with van der Waals surface area (Å²) in [6.45, 7) is 3.29. The Balaban J connectivity index is 4.45. The van der Waals surface area contributed by atoms with Gasteiger partial charge in [0.15, 0.2) is 0 Å². The van der Waals surface area contributed by atoms with Gasteiger partial charge in [-0.05, 0) is 13.3 Å². The van der Waals surface area contributed by atoms with Gasteiger partial charge in [-0.15, -0.1) is 0 Å². The lowest BCUT2D eigenvalue weighted by Gasteiger charge is -2.23. The number of rotatable bonds is 7. The maximum Gasteiger partial charge on any atom is 0.323 e. The number of urea groups is 1. The molecule has 18 heavy (non-hydrogen) atoms. The first-order valence-electron chi connectivity index (χ1n) is 5.60. The van der Waals surface area contributed by atoms with Gasteiger partial charge in [0.25, 0.3) is 0 Å². The molecular weight excluding hydrogens is 260 g/mol. The van der Waals surface area contributed by atoms with Gasteiger partial charge in [0.2, 0.25) is 0 Å². The van der Waals surface area contributed by atoms with E-state index in [9.17, 15) is 18.0 Å². The van der Waals surface area contributed by atoms with Crippen molar-refractivity contribution in [1.29, 1.82) is 0 Å². The first-order valence-corrected chi connectivity index (χ1v) is 7.66. The second kappa shape index (κ2) is 7.20. The van der Waals surface area contributed by atoms with Crippen molar-refractivity contribution in [1.82, 2.24) is 10.2 Å². The molecule has 1 atom stereocenters. The number of hydrogen-bond acceptors (Lipinski definition) is 4. The van der Waals surface area contributed by atoms with Crippen LogP contribution in [0, 0.1) is 0 Å². The van der Waals surface area contributed by atoms with E-state index in [0.29, 0.717) is 13.0 Å². The van der Waals surface area contributed by atoms with Crippen LogP contribution in [0.3, 0.4) is 0 Å². The lowest BCUT2D eigenvalue weighted by molar-refractivity contribution is -0.137. The monoisotopic (exact) mass is 280 g/mol. The van der Waals surface area contributed by atoms with Crippen LogP contribution in [0.15, 0.2) is 0 Å². The highest BCUT2D eigenvalue weighted by molar-refractivity contribution is 7.90. The molecule has 0 aliphatic heterocycles. The van der Waals surface area contributed by atoms with Gasteiger partial charge in [0.05, 0.1) is 5.75 Å².